The van der Waals surface area contributed by atoms with Crippen LogP contribution in [0.5, 0.6) is 0 Å². The van der Waals surface area contributed by atoms with Gasteiger partial charge in [0.15, 0.2) is 0 Å². The molecule has 0 spiro atoms. The fraction of sp³-hybridized carbons (Fsp3) is 0.438. The van der Waals surface area contributed by atoms with E-state index in [0.717, 1.165) is 5.92 Å². The van der Waals surface area contributed by atoms with E-state index in [2.05, 4.69) is 49.6 Å². The van der Waals surface area contributed by atoms with Gasteiger partial charge in [-0.15, -0.1) is 5.73 Å². The van der Waals surface area contributed by atoms with Crippen molar-refractivity contribution < 1.29 is 0 Å². The molecule has 0 aliphatic heterocycles. The maximum absolute atomic E-state index is 3.86. The zero-order valence-electron chi connectivity index (χ0n) is 10.1. The van der Waals surface area contributed by atoms with Crippen molar-refractivity contribution in [1.29, 1.82) is 0 Å². The van der Waals surface area contributed by atoms with Gasteiger partial charge in [0.05, 0.1) is 0 Å². The maximum Gasteiger partial charge on any atom is 0.0124 e. The summed E-state index contributed by atoms with van der Waals surface area (Å²) in [7, 11) is 0. The molecule has 2 rings (SSSR count). The van der Waals surface area contributed by atoms with Crippen LogP contribution in [-0.4, -0.2) is 0 Å². The lowest BCUT2D eigenvalue weighted by molar-refractivity contribution is 0.499. The molecular formula is C16H20. The third kappa shape index (κ3) is 2.46. The van der Waals surface area contributed by atoms with Crippen molar-refractivity contribution >= 4 is 0 Å². The standard InChI is InChI=1S/C16H20/c1-3-14-11-9-13(2)10-12-16(14)15-7-5-4-6-8-15/h4-8,13,16H,1,9-12H2,2H3. The summed E-state index contributed by atoms with van der Waals surface area (Å²) in [6, 6.07) is 10.8. The van der Waals surface area contributed by atoms with E-state index in [4.69, 9.17) is 0 Å². The molecule has 1 aliphatic carbocycles. The first kappa shape index (κ1) is 11.2. The molecule has 0 bridgehead atoms. The van der Waals surface area contributed by atoms with E-state index in [0.29, 0.717) is 5.92 Å². The van der Waals surface area contributed by atoms with Crippen LogP contribution in [0.25, 0.3) is 0 Å². The van der Waals surface area contributed by atoms with E-state index in [9.17, 15) is 0 Å². The lowest BCUT2D eigenvalue weighted by Gasteiger charge is -2.16. The second-order valence-electron chi connectivity index (χ2n) is 4.89. The van der Waals surface area contributed by atoms with Crippen LogP contribution in [0.3, 0.4) is 0 Å². The zero-order valence-corrected chi connectivity index (χ0v) is 10.1. The van der Waals surface area contributed by atoms with E-state index in [1.54, 1.807) is 0 Å². The minimum absolute atomic E-state index is 0.559. The average Bonchev–Trinajstić information content (AvgIpc) is 2.52. The second-order valence-corrected chi connectivity index (χ2v) is 4.89. The Morgan fingerprint density at radius 3 is 2.56 bits per heavy atom. The quantitative estimate of drug-likeness (QED) is 0.468. The Morgan fingerprint density at radius 1 is 1.12 bits per heavy atom. The number of benzene rings is 1. The smallest absolute Gasteiger partial charge is 0.0124 e. The molecule has 1 aliphatic rings. The van der Waals surface area contributed by atoms with Crippen molar-refractivity contribution in [2.75, 3.05) is 0 Å². The fourth-order valence-electron chi connectivity index (χ4n) is 2.61. The summed E-state index contributed by atoms with van der Waals surface area (Å²) in [6.07, 6.45) is 5.04. The predicted octanol–water partition coefficient (Wildman–Crippen LogP) is 4.69. The average molecular weight is 212 g/mol. The van der Waals surface area contributed by atoms with E-state index in [-0.39, 0.29) is 0 Å². The summed E-state index contributed by atoms with van der Waals surface area (Å²) < 4.78 is 0. The van der Waals surface area contributed by atoms with Crippen molar-refractivity contribution in [2.24, 2.45) is 5.92 Å². The third-order valence-electron chi connectivity index (χ3n) is 3.70. The molecule has 84 valence electrons. The van der Waals surface area contributed by atoms with Gasteiger partial charge in [0, 0.05) is 5.92 Å². The highest BCUT2D eigenvalue weighted by Crippen LogP contribution is 2.37. The van der Waals surface area contributed by atoms with Gasteiger partial charge in [-0.1, -0.05) is 43.8 Å². The molecule has 1 aromatic rings. The molecule has 0 radical (unpaired) electrons. The number of allylic oxidation sites excluding steroid dienone is 1. The molecular weight excluding hydrogens is 192 g/mol. The third-order valence-corrected chi connectivity index (χ3v) is 3.70. The van der Waals surface area contributed by atoms with Crippen molar-refractivity contribution in [3.8, 4) is 0 Å². The molecule has 0 saturated heterocycles. The highest BCUT2D eigenvalue weighted by molar-refractivity contribution is 5.29. The van der Waals surface area contributed by atoms with Crippen LogP contribution in [0.15, 0.2) is 48.2 Å². The molecule has 0 aromatic heterocycles. The monoisotopic (exact) mass is 212 g/mol. The molecule has 0 heteroatoms. The molecule has 0 heterocycles. The first-order valence-electron chi connectivity index (χ1n) is 6.25. The summed E-state index contributed by atoms with van der Waals surface area (Å²) in [4.78, 5) is 0. The molecule has 0 nitrogen and oxygen atoms in total. The summed E-state index contributed by atoms with van der Waals surface area (Å²) >= 11 is 0. The first-order chi connectivity index (χ1) is 7.81. The van der Waals surface area contributed by atoms with Crippen LogP contribution in [-0.2, 0) is 0 Å². The van der Waals surface area contributed by atoms with Crippen LogP contribution in [0, 0.1) is 5.92 Å². The Labute approximate surface area is 98.7 Å². The van der Waals surface area contributed by atoms with Crippen LogP contribution in [0.4, 0.5) is 0 Å². The van der Waals surface area contributed by atoms with Gasteiger partial charge < -0.3 is 0 Å². The molecule has 1 fully saturated rings. The van der Waals surface area contributed by atoms with Crippen LogP contribution < -0.4 is 0 Å². The number of hydrogen-bond acceptors (Lipinski definition) is 0. The molecule has 0 amide bonds. The normalized spacial score (nSPS) is 25.9. The second kappa shape index (κ2) is 5.18. The van der Waals surface area contributed by atoms with Crippen molar-refractivity contribution in [3.63, 3.8) is 0 Å². The topological polar surface area (TPSA) is 0 Å². The van der Waals surface area contributed by atoms with Crippen molar-refractivity contribution in [2.45, 2.75) is 38.5 Å². The number of rotatable bonds is 1. The van der Waals surface area contributed by atoms with Crippen LogP contribution >= 0.6 is 0 Å². The van der Waals surface area contributed by atoms with Gasteiger partial charge in [0.2, 0.25) is 0 Å². The summed E-state index contributed by atoms with van der Waals surface area (Å²) in [5, 5.41) is 0. The molecule has 1 aromatic carbocycles. The Hall–Kier alpha value is -1.26. The van der Waals surface area contributed by atoms with E-state index >= 15 is 0 Å². The lowest BCUT2D eigenvalue weighted by Crippen LogP contribution is -2.00. The van der Waals surface area contributed by atoms with Gasteiger partial charge in [-0.25, -0.2) is 0 Å². The largest absolute Gasteiger partial charge is 0.129 e. The van der Waals surface area contributed by atoms with Gasteiger partial charge in [-0.05, 0) is 42.7 Å². The first-order valence-corrected chi connectivity index (χ1v) is 6.25. The van der Waals surface area contributed by atoms with E-state index in [1.807, 2.05) is 0 Å². The van der Waals surface area contributed by atoms with Gasteiger partial charge in [0.1, 0.15) is 0 Å². The van der Waals surface area contributed by atoms with Gasteiger partial charge in [-0.3, -0.25) is 0 Å². The summed E-state index contributed by atoms with van der Waals surface area (Å²) in [5.74, 6) is 1.40. The SMILES string of the molecule is C=C=C1CCC(C)CCC1c1ccccc1. The van der Waals surface area contributed by atoms with Gasteiger partial charge >= 0.3 is 0 Å². The van der Waals surface area contributed by atoms with E-state index in [1.165, 1.54) is 36.8 Å². The van der Waals surface area contributed by atoms with Gasteiger partial charge in [-0.2, -0.15) is 0 Å². The lowest BCUT2D eigenvalue weighted by atomic mass is 9.88. The zero-order chi connectivity index (χ0) is 11.4. The minimum atomic E-state index is 0.559. The molecule has 16 heavy (non-hydrogen) atoms. The Balaban J connectivity index is 2.27. The van der Waals surface area contributed by atoms with Gasteiger partial charge in [0.25, 0.3) is 0 Å². The summed E-state index contributed by atoms with van der Waals surface area (Å²) in [5.41, 5.74) is 6.03. The van der Waals surface area contributed by atoms with E-state index < -0.39 is 0 Å². The Bertz CT molecular complexity index is 382. The molecule has 0 N–H and O–H groups in total. The van der Waals surface area contributed by atoms with Crippen molar-refractivity contribution in [1.82, 2.24) is 0 Å². The predicted molar refractivity (Wildman–Crippen MR) is 69.5 cm³/mol. The van der Waals surface area contributed by atoms with Crippen LogP contribution in [0.1, 0.15) is 44.1 Å². The van der Waals surface area contributed by atoms with Crippen molar-refractivity contribution in [3.05, 3.63) is 53.8 Å². The highest BCUT2D eigenvalue weighted by Gasteiger charge is 2.21. The molecule has 2 unspecified atom stereocenters. The van der Waals surface area contributed by atoms with Crippen LogP contribution in [0.2, 0.25) is 0 Å². The molecule has 2 atom stereocenters. The Morgan fingerprint density at radius 2 is 1.88 bits per heavy atom. The summed E-state index contributed by atoms with van der Waals surface area (Å²) in [6.45, 7) is 6.22. The number of hydrogen-bond donors (Lipinski definition) is 0. The molecule has 1 saturated carbocycles. The maximum atomic E-state index is 3.86. The highest BCUT2D eigenvalue weighted by atomic mass is 14.3. The minimum Gasteiger partial charge on any atom is -0.129 e. The fourth-order valence-corrected chi connectivity index (χ4v) is 2.61. The Kier molecular flexibility index (Phi) is 3.64.